The summed E-state index contributed by atoms with van der Waals surface area (Å²) >= 11 is 0. The summed E-state index contributed by atoms with van der Waals surface area (Å²) in [7, 11) is 0. The van der Waals surface area contributed by atoms with Crippen LogP contribution in [0, 0.1) is 0 Å². The van der Waals surface area contributed by atoms with E-state index in [1.807, 2.05) is 38.1 Å². The van der Waals surface area contributed by atoms with Crippen LogP contribution in [-0.4, -0.2) is 23.9 Å². The summed E-state index contributed by atoms with van der Waals surface area (Å²) in [6.45, 7) is 7.06. The molecule has 1 aromatic rings. The minimum Gasteiger partial charge on any atom is -0.306 e. The molecule has 0 radical (unpaired) electrons. The van der Waals surface area contributed by atoms with Gasteiger partial charge in [-0.15, -0.1) is 0 Å². The maximum atomic E-state index is 11.8. The number of rotatable bonds is 0. The maximum Gasteiger partial charge on any atom is 0.224 e. The minimum atomic E-state index is -0.0266. The van der Waals surface area contributed by atoms with Crippen molar-refractivity contribution in [2.45, 2.75) is 39.8 Å². The second kappa shape index (κ2) is 4.44. The quantitative estimate of drug-likeness (QED) is 0.704. The van der Waals surface area contributed by atoms with Crippen LogP contribution >= 0.6 is 0 Å². The van der Waals surface area contributed by atoms with Gasteiger partial charge in [-0.25, -0.2) is 0 Å². The van der Waals surface area contributed by atoms with E-state index in [1.165, 1.54) is 0 Å². The number of hydrogen-bond acceptors (Lipinski definition) is 2. The van der Waals surface area contributed by atoms with Crippen LogP contribution in [0.5, 0.6) is 0 Å². The first-order valence-electron chi connectivity index (χ1n) is 6.13. The van der Waals surface area contributed by atoms with Crippen LogP contribution in [0.2, 0.25) is 0 Å². The van der Waals surface area contributed by atoms with E-state index in [4.69, 9.17) is 0 Å². The number of anilines is 2. The molecular formula is C14H18N2O2. The van der Waals surface area contributed by atoms with Crippen LogP contribution in [0.15, 0.2) is 24.3 Å². The van der Waals surface area contributed by atoms with Crippen molar-refractivity contribution in [3.8, 4) is 0 Å². The predicted molar refractivity (Wildman–Crippen MR) is 71.7 cm³/mol. The molecule has 2 amide bonds. The fourth-order valence-electron chi connectivity index (χ4n) is 2.65. The number of nitrogens with zero attached hydrogens (tertiary/aromatic N) is 2. The highest BCUT2D eigenvalue weighted by atomic mass is 16.2. The molecule has 1 heterocycles. The van der Waals surface area contributed by atoms with Crippen molar-refractivity contribution in [1.82, 2.24) is 0 Å². The van der Waals surface area contributed by atoms with Crippen LogP contribution in [0.4, 0.5) is 11.4 Å². The Balaban J connectivity index is 2.62. The van der Waals surface area contributed by atoms with Crippen molar-refractivity contribution in [3.63, 3.8) is 0 Å². The van der Waals surface area contributed by atoms with Crippen LogP contribution < -0.4 is 9.80 Å². The lowest BCUT2D eigenvalue weighted by Gasteiger charge is -2.45. The molecule has 0 saturated heterocycles. The van der Waals surface area contributed by atoms with E-state index in [2.05, 4.69) is 0 Å². The molecule has 0 aliphatic carbocycles. The third-order valence-corrected chi connectivity index (χ3v) is 3.59. The third kappa shape index (κ3) is 1.78. The molecule has 2 atom stereocenters. The average Bonchev–Trinajstić information content (AvgIpc) is 2.29. The summed E-state index contributed by atoms with van der Waals surface area (Å²) in [5, 5.41) is 0. The number of fused-ring (bicyclic) bond motifs is 1. The van der Waals surface area contributed by atoms with Gasteiger partial charge in [-0.3, -0.25) is 9.59 Å². The monoisotopic (exact) mass is 246 g/mol. The summed E-state index contributed by atoms with van der Waals surface area (Å²) in [6.07, 6.45) is 0. The van der Waals surface area contributed by atoms with Crippen LogP contribution in [0.3, 0.4) is 0 Å². The van der Waals surface area contributed by atoms with Gasteiger partial charge in [-0.2, -0.15) is 0 Å². The fourth-order valence-corrected chi connectivity index (χ4v) is 2.65. The molecule has 1 aliphatic rings. The second-order valence-electron chi connectivity index (χ2n) is 4.75. The SMILES string of the molecule is CC(=O)N1c2ccccc2N(C(C)=O)[C@H](C)[C@H]1C. The van der Waals surface area contributed by atoms with Crippen LogP contribution in [-0.2, 0) is 9.59 Å². The molecule has 0 unspecified atom stereocenters. The Morgan fingerprint density at radius 2 is 1.22 bits per heavy atom. The van der Waals surface area contributed by atoms with Gasteiger partial charge >= 0.3 is 0 Å². The van der Waals surface area contributed by atoms with E-state index in [9.17, 15) is 9.59 Å². The van der Waals surface area contributed by atoms with E-state index in [1.54, 1.807) is 23.6 Å². The molecule has 4 nitrogen and oxygen atoms in total. The van der Waals surface area contributed by atoms with Gasteiger partial charge < -0.3 is 9.80 Å². The van der Waals surface area contributed by atoms with Crippen molar-refractivity contribution in [3.05, 3.63) is 24.3 Å². The highest BCUT2D eigenvalue weighted by Gasteiger charge is 2.37. The number of hydrogen-bond donors (Lipinski definition) is 0. The molecule has 0 aromatic heterocycles. The van der Waals surface area contributed by atoms with E-state index in [0.29, 0.717) is 0 Å². The summed E-state index contributed by atoms with van der Waals surface area (Å²) in [6, 6.07) is 7.48. The van der Waals surface area contributed by atoms with E-state index < -0.39 is 0 Å². The van der Waals surface area contributed by atoms with Crippen molar-refractivity contribution < 1.29 is 9.59 Å². The number of para-hydroxylation sites is 2. The Morgan fingerprint density at radius 3 is 1.50 bits per heavy atom. The highest BCUT2D eigenvalue weighted by Crippen LogP contribution is 2.38. The molecule has 18 heavy (non-hydrogen) atoms. The van der Waals surface area contributed by atoms with Gasteiger partial charge in [0.05, 0.1) is 23.5 Å². The highest BCUT2D eigenvalue weighted by molar-refractivity contribution is 6.03. The molecule has 0 fully saturated rings. The number of carbonyl (C=O) groups excluding carboxylic acids is 2. The summed E-state index contributed by atoms with van der Waals surface area (Å²) in [4.78, 5) is 27.2. The van der Waals surface area contributed by atoms with Gasteiger partial charge in [0.2, 0.25) is 11.8 Å². The molecule has 0 N–H and O–H groups in total. The van der Waals surface area contributed by atoms with E-state index in [-0.39, 0.29) is 23.9 Å². The molecule has 0 bridgehead atoms. The topological polar surface area (TPSA) is 40.6 Å². The molecule has 1 aliphatic heterocycles. The van der Waals surface area contributed by atoms with E-state index in [0.717, 1.165) is 11.4 Å². The molecule has 2 rings (SSSR count). The smallest absolute Gasteiger partial charge is 0.224 e. The second-order valence-corrected chi connectivity index (χ2v) is 4.75. The first kappa shape index (κ1) is 12.6. The van der Waals surface area contributed by atoms with Gasteiger partial charge in [0.15, 0.2) is 0 Å². The molecular weight excluding hydrogens is 228 g/mol. The number of carbonyl (C=O) groups is 2. The number of benzene rings is 1. The molecule has 96 valence electrons. The zero-order valence-corrected chi connectivity index (χ0v) is 11.2. The van der Waals surface area contributed by atoms with Gasteiger partial charge in [0, 0.05) is 13.8 Å². The Morgan fingerprint density at radius 1 is 0.889 bits per heavy atom. The van der Waals surface area contributed by atoms with Crippen molar-refractivity contribution in [2.75, 3.05) is 9.80 Å². The Bertz CT molecular complexity index is 453. The van der Waals surface area contributed by atoms with Crippen LogP contribution in [0.1, 0.15) is 27.7 Å². The fraction of sp³-hybridized carbons (Fsp3) is 0.429. The third-order valence-electron chi connectivity index (χ3n) is 3.59. The Labute approximate surface area is 107 Å². The summed E-state index contributed by atoms with van der Waals surface area (Å²) < 4.78 is 0. The molecule has 0 spiro atoms. The lowest BCUT2D eigenvalue weighted by molar-refractivity contribution is -0.119. The predicted octanol–water partition coefficient (Wildman–Crippen LogP) is 2.18. The zero-order valence-electron chi connectivity index (χ0n) is 11.2. The van der Waals surface area contributed by atoms with Gasteiger partial charge in [-0.1, -0.05) is 12.1 Å². The largest absolute Gasteiger partial charge is 0.306 e. The van der Waals surface area contributed by atoms with E-state index >= 15 is 0 Å². The minimum absolute atomic E-state index is 0.00463. The Hall–Kier alpha value is -1.84. The van der Waals surface area contributed by atoms with Crippen LogP contribution in [0.25, 0.3) is 0 Å². The lowest BCUT2D eigenvalue weighted by Crippen LogP contribution is -2.56. The molecule has 4 heteroatoms. The first-order chi connectivity index (χ1) is 8.45. The Kier molecular flexibility index (Phi) is 3.11. The first-order valence-corrected chi connectivity index (χ1v) is 6.13. The van der Waals surface area contributed by atoms with Gasteiger partial charge in [0.1, 0.15) is 0 Å². The maximum absolute atomic E-state index is 11.8. The number of amides is 2. The van der Waals surface area contributed by atoms with Gasteiger partial charge in [-0.05, 0) is 26.0 Å². The molecule has 0 saturated carbocycles. The summed E-state index contributed by atoms with van der Waals surface area (Å²) in [5.41, 5.74) is 1.62. The average molecular weight is 246 g/mol. The van der Waals surface area contributed by atoms with Gasteiger partial charge in [0.25, 0.3) is 0 Å². The standard InChI is InChI=1S/C14H18N2O2/c1-9-10(2)16(12(4)18)14-8-6-5-7-13(14)15(9)11(3)17/h5-10H,1-4H3/t9-,10-/m1/s1. The van der Waals surface area contributed by atoms with Crippen molar-refractivity contribution in [1.29, 1.82) is 0 Å². The lowest BCUT2D eigenvalue weighted by atomic mass is 10.0. The molecule has 1 aromatic carbocycles. The summed E-state index contributed by atoms with van der Waals surface area (Å²) in [5.74, 6) is 0.00926. The van der Waals surface area contributed by atoms with Crippen molar-refractivity contribution in [2.24, 2.45) is 0 Å². The normalized spacial score (nSPS) is 22.7. The van der Waals surface area contributed by atoms with Crippen molar-refractivity contribution >= 4 is 23.2 Å². The zero-order chi connectivity index (χ0) is 13.4.